The van der Waals surface area contributed by atoms with Crippen LogP contribution in [0.15, 0.2) is 18.3 Å². The van der Waals surface area contributed by atoms with E-state index in [4.69, 9.17) is 11.6 Å². The molecule has 2 unspecified atom stereocenters. The lowest BCUT2D eigenvalue weighted by molar-refractivity contribution is 0.0665. The molecule has 1 fully saturated rings. The van der Waals surface area contributed by atoms with Crippen LogP contribution < -0.4 is 4.90 Å². The van der Waals surface area contributed by atoms with Gasteiger partial charge in [0, 0.05) is 13.2 Å². The number of hydrogen-bond acceptors (Lipinski definition) is 3. The van der Waals surface area contributed by atoms with Crippen LogP contribution in [-0.2, 0) is 0 Å². The van der Waals surface area contributed by atoms with E-state index < -0.39 is 0 Å². The summed E-state index contributed by atoms with van der Waals surface area (Å²) in [5.74, 6) is 0.748. The molecular weight excluding hydrogens is 200 g/mol. The Morgan fingerprint density at radius 1 is 1.57 bits per heavy atom. The van der Waals surface area contributed by atoms with E-state index in [-0.39, 0.29) is 12.1 Å². The highest BCUT2D eigenvalue weighted by Gasteiger charge is 2.33. The maximum Gasteiger partial charge on any atom is 0.147 e. The van der Waals surface area contributed by atoms with E-state index >= 15 is 0 Å². The zero-order valence-corrected chi connectivity index (χ0v) is 8.78. The van der Waals surface area contributed by atoms with Crippen molar-refractivity contribution in [2.24, 2.45) is 0 Å². The fourth-order valence-electron chi connectivity index (χ4n) is 1.71. The van der Waals surface area contributed by atoms with Crippen molar-refractivity contribution in [2.45, 2.75) is 25.0 Å². The SMILES string of the molecule is CN(c1ncccc1Cl)C1CCC1O. The predicted molar refractivity (Wildman–Crippen MR) is 56.7 cm³/mol. The van der Waals surface area contributed by atoms with Crippen molar-refractivity contribution in [2.75, 3.05) is 11.9 Å². The zero-order valence-electron chi connectivity index (χ0n) is 8.02. The predicted octanol–water partition coefficient (Wildman–Crippen LogP) is 1.69. The molecular formula is C10H13ClN2O. The summed E-state index contributed by atoms with van der Waals surface area (Å²) < 4.78 is 0. The van der Waals surface area contributed by atoms with Crippen LogP contribution in [-0.4, -0.2) is 29.3 Å². The topological polar surface area (TPSA) is 36.4 Å². The molecule has 2 atom stereocenters. The van der Waals surface area contributed by atoms with Crippen molar-refractivity contribution in [3.05, 3.63) is 23.4 Å². The number of hydrogen-bond donors (Lipinski definition) is 1. The lowest BCUT2D eigenvalue weighted by Crippen LogP contribution is -2.49. The molecule has 1 aromatic rings. The van der Waals surface area contributed by atoms with Gasteiger partial charge >= 0.3 is 0 Å². The number of nitrogens with zero attached hydrogens (tertiary/aromatic N) is 2. The molecule has 2 rings (SSSR count). The first kappa shape index (κ1) is 9.74. The molecule has 14 heavy (non-hydrogen) atoms. The molecule has 0 radical (unpaired) electrons. The molecule has 0 amide bonds. The number of pyridine rings is 1. The molecule has 1 heterocycles. The van der Waals surface area contributed by atoms with Gasteiger partial charge in [-0.2, -0.15) is 0 Å². The van der Waals surface area contributed by atoms with Crippen molar-refractivity contribution >= 4 is 17.4 Å². The zero-order chi connectivity index (χ0) is 10.1. The van der Waals surface area contributed by atoms with Crippen molar-refractivity contribution in [1.29, 1.82) is 0 Å². The van der Waals surface area contributed by atoms with Crippen LogP contribution in [0.25, 0.3) is 0 Å². The van der Waals surface area contributed by atoms with Gasteiger partial charge in [0.05, 0.1) is 17.2 Å². The third kappa shape index (κ3) is 1.57. The third-order valence-corrected chi connectivity index (χ3v) is 3.07. The summed E-state index contributed by atoms with van der Waals surface area (Å²) in [5, 5.41) is 10.2. The lowest BCUT2D eigenvalue weighted by atomic mass is 9.88. The van der Waals surface area contributed by atoms with Crippen LogP contribution in [0.2, 0.25) is 5.02 Å². The minimum Gasteiger partial charge on any atom is -0.391 e. The minimum absolute atomic E-state index is 0.169. The summed E-state index contributed by atoms with van der Waals surface area (Å²) in [6.07, 6.45) is 3.35. The van der Waals surface area contributed by atoms with Gasteiger partial charge in [-0.3, -0.25) is 0 Å². The molecule has 1 saturated carbocycles. The van der Waals surface area contributed by atoms with E-state index in [9.17, 15) is 5.11 Å². The average Bonchev–Trinajstić information content (AvgIpc) is 2.16. The highest BCUT2D eigenvalue weighted by molar-refractivity contribution is 6.32. The molecule has 3 nitrogen and oxygen atoms in total. The summed E-state index contributed by atoms with van der Waals surface area (Å²) in [6, 6.07) is 3.78. The van der Waals surface area contributed by atoms with E-state index in [2.05, 4.69) is 4.98 Å². The van der Waals surface area contributed by atoms with E-state index in [1.54, 1.807) is 12.3 Å². The molecule has 76 valence electrons. The third-order valence-electron chi connectivity index (χ3n) is 2.77. The maximum absolute atomic E-state index is 9.52. The number of halogens is 1. The standard InChI is InChI=1S/C10H13ClN2O/c1-13(8-4-5-9(8)14)10-7(11)3-2-6-12-10/h2-3,6,8-9,14H,4-5H2,1H3. The van der Waals surface area contributed by atoms with Gasteiger partial charge in [-0.1, -0.05) is 11.6 Å². The minimum atomic E-state index is -0.238. The Kier molecular flexibility index (Phi) is 2.61. The van der Waals surface area contributed by atoms with Gasteiger partial charge in [0.1, 0.15) is 5.82 Å². The second kappa shape index (κ2) is 3.75. The van der Waals surface area contributed by atoms with Crippen molar-refractivity contribution in [3.8, 4) is 0 Å². The Labute approximate surface area is 88.3 Å². The number of anilines is 1. The van der Waals surface area contributed by atoms with Crippen molar-refractivity contribution in [3.63, 3.8) is 0 Å². The lowest BCUT2D eigenvalue weighted by Gasteiger charge is -2.40. The second-order valence-corrected chi connectivity index (χ2v) is 4.04. The summed E-state index contributed by atoms with van der Waals surface area (Å²) >= 11 is 6.01. The molecule has 1 N–H and O–H groups in total. The van der Waals surface area contributed by atoms with E-state index in [0.29, 0.717) is 5.02 Å². The molecule has 1 aromatic heterocycles. The molecule has 4 heteroatoms. The number of aromatic nitrogens is 1. The average molecular weight is 213 g/mol. The fourth-order valence-corrected chi connectivity index (χ4v) is 1.97. The summed E-state index contributed by atoms with van der Waals surface area (Å²) in [6.45, 7) is 0. The summed E-state index contributed by atoms with van der Waals surface area (Å²) in [5.41, 5.74) is 0. The first-order valence-corrected chi connectivity index (χ1v) is 5.09. The van der Waals surface area contributed by atoms with Crippen molar-refractivity contribution in [1.82, 2.24) is 4.98 Å². The number of likely N-dealkylation sites (N-methyl/N-ethyl adjacent to an activating group) is 1. The molecule has 1 aliphatic carbocycles. The van der Waals surface area contributed by atoms with Crippen LogP contribution in [0.1, 0.15) is 12.8 Å². The fraction of sp³-hybridized carbons (Fsp3) is 0.500. The second-order valence-electron chi connectivity index (χ2n) is 3.63. The van der Waals surface area contributed by atoms with Crippen LogP contribution in [0.3, 0.4) is 0 Å². The highest BCUT2D eigenvalue weighted by Crippen LogP contribution is 2.30. The first-order chi connectivity index (χ1) is 6.70. The number of aliphatic hydroxyl groups excluding tert-OH is 1. The Balaban J connectivity index is 2.18. The van der Waals surface area contributed by atoms with E-state index in [1.807, 2.05) is 18.0 Å². The quantitative estimate of drug-likeness (QED) is 0.811. The Morgan fingerprint density at radius 3 is 2.86 bits per heavy atom. The largest absolute Gasteiger partial charge is 0.391 e. The maximum atomic E-state index is 9.52. The Bertz CT molecular complexity index is 332. The van der Waals surface area contributed by atoms with E-state index in [1.165, 1.54) is 0 Å². The van der Waals surface area contributed by atoms with Crippen LogP contribution in [0.5, 0.6) is 0 Å². The molecule has 0 aliphatic heterocycles. The van der Waals surface area contributed by atoms with Gasteiger partial charge in [0.15, 0.2) is 0 Å². The number of rotatable bonds is 2. The first-order valence-electron chi connectivity index (χ1n) is 4.71. The molecule has 0 aromatic carbocycles. The van der Waals surface area contributed by atoms with Crippen LogP contribution in [0.4, 0.5) is 5.82 Å². The van der Waals surface area contributed by atoms with Crippen LogP contribution in [0, 0.1) is 0 Å². The Morgan fingerprint density at radius 2 is 2.36 bits per heavy atom. The highest BCUT2D eigenvalue weighted by atomic mass is 35.5. The summed E-state index contributed by atoms with van der Waals surface area (Å²) in [4.78, 5) is 6.15. The van der Waals surface area contributed by atoms with Crippen molar-refractivity contribution < 1.29 is 5.11 Å². The molecule has 0 bridgehead atoms. The normalized spacial score (nSPS) is 25.6. The van der Waals surface area contributed by atoms with Gasteiger partial charge in [-0.05, 0) is 25.0 Å². The van der Waals surface area contributed by atoms with Gasteiger partial charge in [-0.25, -0.2) is 4.98 Å². The smallest absolute Gasteiger partial charge is 0.147 e. The molecule has 1 aliphatic rings. The monoisotopic (exact) mass is 212 g/mol. The van der Waals surface area contributed by atoms with Gasteiger partial charge in [-0.15, -0.1) is 0 Å². The molecule has 0 saturated heterocycles. The Hall–Kier alpha value is -0.800. The van der Waals surface area contributed by atoms with Gasteiger partial charge in [0.2, 0.25) is 0 Å². The van der Waals surface area contributed by atoms with Gasteiger partial charge in [0.25, 0.3) is 0 Å². The number of aliphatic hydroxyl groups is 1. The van der Waals surface area contributed by atoms with E-state index in [0.717, 1.165) is 18.7 Å². The van der Waals surface area contributed by atoms with Gasteiger partial charge < -0.3 is 10.0 Å². The van der Waals surface area contributed by atoms with Crippen LogP contribution >= 0.6 is 11.6 Å². The molecule has 0 spiro atoms. The summed E-state index contributed by atoms with van der Waals surface area (Å²) in [7, 11) is 1.92.